The molecule has 1 amide bonds. The highest BCUT2D eigenvalue weighted by atomic mass is 35.5. The lowest BCUT2D eigenvalue weighted by atomic mass is 9.99. The molecule has 23 heavy (non-hydrogen) atoms. The molecule has 0 saturated carbocycles. The molecule has 128 valence electrons. The van der Waals surface area contributed by atoms with E-state index in [4.69, 9.17) is 21.1 Å². The van der Waals surface area contributed by atoms with Crippen molar-refractivity contribution in [1.82, 2.24) is 0 Å². The number of anilines is 2. The third kappa shape index (κ3) is 5.68. The fourth-order valence-corrected chi connectivity index (χ4v) is 2.96. The van der Waals surface area contributed by atoms with Crippen molar-refractivity contribution in [2.75, 3.05) is 50.2 Å². The Hall–Kier alpha value is -1.30. The molecule has 0 aliphatic carbocycles. The van der Waals surface area contributed by atoms with Gasteiger partial charge in [-0.1, -0.05) is 18.5 Å². The van der Waals surface area contributed by atoms with Crippen molar-refractivity contribution >= 4 is 28.9 Å². The number of nitrogens with one attached hydrogen (secondary N) is 1. The van der Waals surface area contributed by atoms with Gasteiger partial charge in [0.1, 0.15) is 6.61 Å². The minimum absolute atomic E-state index is 0.00567. The smallest absolute Gasteiger partial charge is 0.250 e. The summed E-state index contributed by atoms with van der Waals surface area (Å²) in [6.07, 6.45) is 2.41. The van der Waals surface area contributed by atoms with E-state index in [-0.39, 0.29) is 12.5 Å². The second-order valence-corrected chi connectivity index (χ2v) is 6.38. The predicted octanol–water partition coefficient (Wildman–Crippen LogP) is 3.18. The predicted molar refractivity (Wildman–Crippen MR) is 93.4 cm³/mol. The van der Waals surface area contributed by atoms with Gasteiger partial charge in [-0.25, -0.2) is 0 Å². The molecule has 1 aliphatic heterocycles. The first-order valence-electron chi connectivity index (χ1n) is 8.01. The highest BCUT2D eigenvalue weighted by Crippen LogP contribution is 2.32. The van der Waals surface area contributed by atoms with Gasteiger partial charge in [0.15, 0.2) is 0 Å². The van der Waals surface area contributed by atoms with Crippen LogP contribution in [0.25, 0.3) is 0 Å². The minimum atomic E-state index is -0.185. The maximum absolute atomic E-state index is 12.0. The van der Waals surface area contributed by atoms with Gasteiger partial charge < -0.3 is 19.7 Å². The van der Waals surface area contributed by atoms with E-state index in [1.807, 2.05) is 12.1 Å². The van der Waals surface area contributed by atoms with E-state index in [9.17, 15) is 4.79 Å². The Morgan fingerprint density at radius 1 is 1.43 bits per heavy atom. The Morgan fingerprint density at radius 3 is 3.00 bits per heavy atom. The highest BCUT2D eigenvalue weighted by molar-refractivity contribution is 6.31. The van der Waals surface area contributed by atoms with Crippen LogP contribution < -0.4 is 10.2 Å². The lowest BCUT2D eigenvalue weighted by Crippen LogP contribution is -2.35. The number of carbonyl (C=O) groups excluding carboxylic acids is 1. The van der Waals surface area contributed by atoms with Gasteiger partial charge in [-0.2, -0.15) is 0 Å². The first kappa shape index (κ1) is 18.0. The first-order valence-corrected chi connectivity index (χ1v) is 8.39. The van der Waals surface area contributed by atoms with Crippen LogP contribution in [0.2, 0.25) is 5.02 Å². The standard InChI is InChI=1S/C17H25ClN2O3/c1-13-4-3-7-20(11-13)16-6-5-14(18)10-15(16)19-17(21)12-23-9-8-22-2/h5-6,10,13H,3-4,7-9,11-12H2,1-2H3,(H,19,21). The van der Waals surface area contributed by atoms with Gasteiger partial charge in [0, 0.05) is 25.2 Å². The summed E-state index contributed by atoms with van der Waals surface area (Å²) in [6.45, 7) is 5.13. The number of methoxy groups -OCH3 is 1. The van der Waals surface area contributed by atoms with Crippen LogP contribution in [0.3, 0.4) is 0 Å². The molecular formula is C17H25ClN2O3. The van der Waals surface area contributed by atoms with Crippen molar-refractivity contribution in [3.63, 3.8) is 0 Å². The third-order valence-electron chi connectivity index (χ3n) is 3.90. The summed E-state index contributed by atoms with van der Waals surface area (Å²) in [6, 6.07) is 5.63. The number of hydrogen-bond donors (Lipinski definition) is 1. The van der Waals surface area contributed by atoms with Gasteiger partial charge in [0.25, 0.3) is 0 Å². The van der Waals surface area contributed by atoms with Gasteiger partial charge in [0.05, 0.1) is 24.6 Å². The van der Waals surface area contributed by atoms with E-state index in [0.717, 1.165) is 30.9 Å². The summed E-state index contributed by atoms with van der Waals surface area (Å²) in [7, 11) is 1.60. The van der Waals surface area contributed by atoms with Gasteiger partial charge in [-0.05, 0) is 37.0 Å². The maximum Gasteiger partial charge on any atom is 0.250 e. The van der Waals surface area contributed by atoms with E-state index in [2.05, 4.69) is 17.1 Å². The normalized spacial score (nSPS) is 18.0. The number of benzene rings is 1. The molecule has 0 radical (unpaired) electrons. The first-order chi connectivity index (χ1) is 11.1. The van der Waals surface area contributed by atoms with Crippen LogP contribution in [0, 0.1) is 5.92 Å². The molecule has 2 rings (SSSR count). The quantitative estimate of drug-likeness (QED) is 0.774. The van der Waals surface area contributed by atoms with Gasteiger partial charge >= 0.3 is 0 Å². The lowest BCUT2D eigenvalue weighted by molar-refractivity contribution is -0.121. The fourth-order valence-electron chi connectivity index (χ4n) is 2.79. The Kier molecular flexibility index (Phi) is 7.15. The summed E-state index contributed by atoms with van der Waals surface area (Å²) in [5.74, 6) is 0.468. The summed E-state index contributed by atoms with van der Waals surface area (Å²) in [5.41, 5.74) is 1.76. The number of amides is 1. The zero-order valence-corrected chi connectivity index (χ0v) is 14.6. The van der Waals surface area contributed by atoms with Crippen LogP contribution >= 0.6 is 11.6 Å². The number of piperidine rings is 1. The molecule has 1 unspecified atom stereocenters. The number of hydrogen-bond acceptors (Lipinski definition) is 4. The van der Waals surface area contributed by atoms with Crippen LogP contribution in [-0.4, -0.2) is 45.9 Å². The van der Waals surface area contributed by atoms with Crippen LogP contribution in [0.1, 0.15) is 19.8 Å². The molecular weight excluding hydrogens is 316 g/mol. The van der Waals surface area contributed by atoms with E-state index in [1.165, 1.54) is 6.42 Å². The Morgan fingerprint density at radius 2 is 2.26 bits per heavy atom. The summed E-state index contributed by atoms with van der Waals surface area (Å²) >= 11 is 6.10. The van der Waals surface area contributed by atoms with Crippen molar-refractivity contribution in [1.29, 1.82) is 0 Å². The second-order valence-electron chi connectivity index (χ2n) is 5.95. The minimum Gasteiger partial charge on any atom is -0.382 e. The number of carbonyl (C=O) groups is 1. The molecule has 1 N–H and O–H groups in total. The van der Waals surface area contributed by atoms with Crippen LogP contribution in [0.4, 0.5) is 11.4 Å². The fraction of sp³-hybridized carbons (Fsp3) is 0.588. The third-order valence-corrected chi connectivity index (χ3v) is 4.13. The second kappa shape index (κ2) is 9.11. The molecule has 1 aromatic rings. The number of rotatable bonds is 7. The van der Waals surface area contributed by atoms with Crippen molar-refractivity contribution in [3.05, 3.63) is 23.2 Å². The van der Waals surface area contributed by atoms with Crippen LogP contribution in [-0.2, 0) is 14.3 Å². The molecule has 1 aromatic carbocycles. The molecule has 1 atom stereocenters. The average molecular weight is 341 g/mol. The highest BCUT2D eigenvalue weighted by Gasteiger charge is 2.20. The van der Waals surface area contributed by atoms with Gasteiger partial charge in [-0.3, -0.25) is 4.79 Å². The van der Waals surface area contributed by atoms with Crippen molar-refractivity contribution in [2.45, 2.75) is 19.8 Å². The molecule has 5 nitrogen and oxygen atoms in total. The number of halogens is 1. The van der Waals surface area contributed by atoms with Crippen LogP contribution in [0.5, 0.6) is 0 Å². The van der Waals surface area contributed by atoms with Crippen LogP contribution in [0.15, 0.2) is 18.2 Å². The SMILES string of the molecule is COCCOCC(=O)Nc1cc(Cl)ccc1N1CCCC(C)C1. The average Bonchev–Trinajstić information content (AvgIpc) is 2.52. The van der Waals surface area contributed by atoms with Crippen molar-refractivity contribution in [2.24, 2.45) is 5.92 Å². The maximum atomic E-state index is 12.0. The van der Waals surface area contributed by atoms with Gasteiger partial charge in [-0.15, -0.1) is 0 Å². The van der Waals surface area contributed by atoms with E-state index in [1.54, 1.807) is 13.2 Å². The summed E-state index contributed by atoms with van der Waals surface area (Å²) in [4.78, 5) is 14.4. The van der Waals surface area contributed by atoms with E-state index in [0.29, 0.717) is 24.2 Å². The van der Waals surface area contributed by atoms with Gasteiger partial charge in [0.2, 0.25) is 5.91 Å². The lowest BCUT2D eigenvalue weighted by Gasteiger charge is -2.34. The zero-order valence-electron chi connectivity index (χ0n) is 13.8. The zero-order chi connectivity index (χ0) is 16.7. The topological polar surface area (TPSA) is 50.8 Å². The Balaban J connectivity index is 2.02. The van der Waals surface area contributed by atoms with Crippen molar-refractivity contribution in [3.8, 4) is 0 Å². The summed E-state index contributed by atoms with van der Waals surface area (Å²) < 4.78 is 10.1. The van der Waals surface area contributed by atoms with E-state index >= 15 is 0 Å². The Labute approximate surface area is 142 Å². The number of ether oxygens (including phenoxy) is 2. The molecule has 6 heteroatoms. The summed E-state index contributed by atoms with van der Waals surface area (Å²) in [5, 5.41) is 3.52. The molecule has 0 bridgehead atoms. The van der Waals surface area contributed by atoms with Crippen molar-refractivity contribution < 1.29 is 14.3 Å². The molecule has 1 saturated heterocycles. The molecule has 1 fully saturated rings. The molecule has 0 aromatic heterocycles. The monoisotopic (exact) mass is 340 g/mol. The molecule has 1 heterocycles. The Bertz CT molecular complexity index is 525. The molecule has 0 spiro atoms. The largest absolute Gasteiger partial charge is 0.382 e. The van der Waals surface area contributed by atoms with E-state index < -0.39 is 0 Å². The number of nitrogens with zero attached hydrogens (tertiary/aromatic N) is 1. The molecule has 1 aliphatic rings.